The van der Waals surface area contributed by atoms with Crippen LogP contribution in [0.5, 0.6) is 5.75 Å². The van der Waals surface area contributed by atoms with Crippen LogP contribution < -0.4 is 4.74 Å². The number of nitro benzene ring substituents is 1. The van der Waals surface area contributed by atoms with E-state index in [4.69, 9.17) is 9.47 Å². The van der Waals surface area contributed by atoms with E-state index in [-0.39, 0.29) is 16.9 Å². The molecular formula is C23H17NO7. The number of carbonyl (C=O) groups excluding carboxylic acids is 3. The van der Waals surface area contributed by atoms with Crippen LogP contribution in [0.2, 0.25) is 0 Å². The van der Waals surface area contributed by atoms with E-state index < -0.39 is 34.9 Å². The highest BCUT2D eigenvalue weighted by atomic mass is 16.6. The van der Waals surface area contributed by atoms with Gasteiger partial charge in [-0.2, -0.15) is 0 Å². The van der Waals surface area contributed by atoms with E-state index in [1.165, 1.54) is 48.5 Å². The molecular weight excluding hydrogens is 402 g/mol. The Bertz CT molecular complexity index is 1140. The molecule has 3 rings (SSSR count). The Morgan fingerprint density at radius 2 is 1.45 bits per heavy atom. The van der Waals surface area contributed by atoms with Crippen LogP contribution in [-0.2, 0) is 4.74 Å². The Labute approximate surface area is 177 Å². The second kappa shape index (κ2) is 9.45. The summed E-state index contributed by atoms with van der Waals surface area (Å²) in [6.45, 7) is 1.32. The van der Waals surface area contributed by atoms with Gasteiger partial charge in [-0.3, -0.25) is 14.9 Å². The fourth-order valence-corrected chi connectivity index (χ4v) is 2.66. The number of benzene rings is 3. The third-order valence-electron chi connectivity index (χ3n) is 4.33. The van der Waals surface area contributed by atoms with Gasteiger partial charge in [-0.05, 0) is 49.4 Å². The van der Waals surface area contributed by atoms with E-state index >= 15 is 0 Å². The Hall–Kier alpha value is -4.33. The molecule has 0 fully saturated rings. The number of ether oxygens (including phenoxy) is 2. The van der Waals surface area contributed by atoms with Crippen molar-refractivity contribution in [3.8, 4) is 5.75 Å². The zero-order valence-electron chi connectivity index (χ0n) is 16.4. The highest BCUT2D eigenvalue weighted by Crippen LogP contribution is 2.19. The molecule has 8 heteroatoms. The fraction of sp³-hybridized carbons (Fsp3) is 0.0870. The summed E-state index contributed by atoms with van der Waals surface area (Å²) in [6.07, 6.45) is 0. The van der Waals surface area contributed by atoms with Crippen molar-refractivity contribution in [1.29, 1.82) is 0 Å². The molecule has 31 heavy (non-hydrogen) atoms. The number of rotatable bonds is 7. The second-order valence-corrected chi connectivity index (χ2v) is 6.55. The summed E-state index contributed by atoms with van der Waals surface area (Å²) < 4.78 is 10.2. The van der Waals surface area contributed by atoms with Crippen LogP contribution in [0, 0.1) is 17.0 Å². The van der Waals surface area contributed by atoms with Crippen LogP contribution in [0.1, 0.15) is 36.6 Å². The van der Waals surface area contributed by atoms with Gasteiger partial charge in [0.1, 0.15) is 11.3 Å². The molecule has 0 heterocycles. The Kier molecular flexibility index (Phi) is 6.51. The molecule has 0 atom stereocenters. The van der Waals surface area contributed by atoms with Crippen molar-refractivity contribution in [3.05, 3.63) is 105 Å². The average Bonchev–Trinajstić information content (AvgIpc) is 2.78. The minimum Gasteiger partial charge on any atom is -0.454 e. The number of ketones is 1. The topological polar surface area (TPSA) is 113 Å². The van der Waals surface area contributed by atoms with Crippen molar-refractivity contribution in [3.63, 3.8) is 0 Å². The number of nitro groups is 1. The van der Waals surface area contributed by atoms with E-state index in [0.717, 1.165) is 5.56 Å². The number of hydrogen-bond donors (Lipinski definition) is 0. The minimum atomic E-state index is -0.968. The first-order chi connectivity index (χ1) is 14.8. The third-order valence-corrected chi connectivity index (χ3v) is 4.33. The van der Waals surface area contributed by atoms with Crippen LogP contribution in [0.4, 0.5) is 5.69 Å². The number of carbonyl (C=O) groups is 3. The van der Waals surface area contributed by atoms with E-state index in [2.05, 4.69) is 0 Å². The number of hydrogen-bond acceptors (Lipinski definition) is 7. The molecule has 0 aromatic heterocycles. The highest BCUT2D eigenvalue weighted by Gasteiger charge is 2.21. The lowest BCUT2D eigenvalue weighted by Crippen LogP contribution is -2.15. The van der Waals surface area contributed by atoms with Gasteiger partial charge in [0.25, 0.3) is 5.69 Å². The first-order valence-electron chi connectivity index (χ1n) is 9.18. The van der Waals surface area contributed by atoms with Crippen molar-refractivity contribution in [2.75, 3.05) is 6.61 Å². The molecule has 3 aromatic carbocycles. The van der Waals surface area contributed by atoms with Crippen LogP contribution in [-0.4, -0.2) is 29.3 Å². The van der Waals surface area contributed by atoms with Crippen molar-refractivity contribution < 1.29 is 28.8 Å². The van der Waals surface area contributed by atoms with Crippen LogP contribution in [0.3, 0.4) is 0 Å². The Balaban J connectivity index is 1.59. The second-order valence-electron chi connectivity index (χ2n) is 6.55. The Morgan fingerprint density at radius 3 is 2.10 bits per heavy atom. The van der Waals surface area contributed by atoms with E-state index in [9.17, 15) is 24.5 Å². The molecule has 0 aliphatic rings. The SMILES string of the molecule is Cc1ccc(C(=O)Oc2ccc(C(=O)COC(=O)c3ccccc3[N+](=O)[O-])cc2)cc1. The van der Waals surface area contributed by atoms with Crippen LogP contribution in [0.25, 0.3) is 0 Å². The van der Waals surface area contributed by atoms with Gasteiger partial charge >= 0.3 is 11.9 Å². The molecule has 0 aliphatic heterocycles. The third kappa shape index (κ3) is 5.39. The molecule has 0 bridgehead atoms. The molecule has 0 amide bonds. The first-order valence-corrected chi connectivity index (χ1v) is 9.18. The number of para-hydroxylation sites is 1. The summed E-state index contributed by atoms with van der Waals surface area (Å²) in [5, 5.41) is 11.0. The standard InChI is InChI=1S/C23H17NO7/c1-15-6-8-17(9-7-15)22(26)31-18-12-10-16(11-13-18)21(25)14-30-23(27)19-4-2-3-5-20(19)24(28)29/h2-13H,14H2,1H3. The van der Waals surface area contributed by atoms with Gasteiger partial charge in [0, 0.05) is 11.6 Å². The lowest BCUT2D eigenvalue weighted by Gasteiger charge is -2.07. The van der Waals surface area contributed by atoms with Gasteiger partial charge in [0.05, 0.1) is 10.5 Å². The summed E-state index contributed by atoms with van der Waals surface area (Å²) in [5.41, 5.74) is 0.999. The molecule has 0 aliphatic carbocycles. The lowest BCUT2D eigenvalue weighted by molar-refractivity contribution is -0.385. The highest BCUT2D eigenvalue weighted by molar-refractivity contribution is 6.00. The maximum atomic E-state index is 12.3. The van der Waals surface area contributed by atoms with Crippen molar-refractivity contribution >= 4 is 23.4 Å². The zero-order chi connectivity index (χ0) is 22.4. The van der Waals surface area contributed by atoms with E-state index in [1.54, 1.807) is 24.3 Å². The summed E-state index contributed by atoms with van der Waals surface area (Å²) >= 11 is 0. The molecule has 0 saturated heterocycles. The smallest absolute Gasteiger partial charge is 0.345 e. The lowest BCUT2D eigenvalue weighted by atomic mass is 10.1. The maximum absolute atomic E-state index is 12.3. The Morgan fingerprint density at radius 1 is 0.839 bits per heavy atom. The molecule has 0 N–H and O–H groups in total. The van der Waals surface area contributed by atoms with Gasteiger partial charge < -0.3 is 9.47 Å². The minimum absolute atomic E-state index is 0.227. The van der Waals surface area contributed by atoms with Crippen molar-refractivity contribution in [1.82, 2.24) is 0 Å². The molecule has 0 unspecified atom stereocenters. The molecule has 0 radical (unpaired) electrons. The largest absolute Gasteiger partial charge is 0.454 e. The monoisotopic (exact) mass is 419 g/mol. The molecule has 0 spiro atoms. The summed E-state index contributed by atoms with van der Waals surface area (Å²) in [7, 11) is 0. The van der Waals surface area contributed by atoms with Gasteiger partial charge in [-0.15, -0.1) is 0 Å². The molecule has 156 valence electrons. The van der Waals surface area contributed by atoms with E-state index in [1.807, 2.05) is 6.92 Å². The maximum Gasteiger partial charge on any atom is 0.345 e. The van der Waals surface area contributed by atoms with Crippen molar-refractivity contribution in [2.24, 2.45) is 0 Å². The summed E-state index contributed by atoms with van der Waals surface area (Å²) in [5.74, 6) is -1.76. The van der Waals surface area contributed by atoms with Crippen LogP contribution in [0.15, 0.2) is 72.8 Å². The number of aryl methyl sites for hydroxylation is 1. The summed E-state index contributed by atoms with van der Waals surface area (Å²) in [6, 6.07) is 18.0. The number of esters is 2. The number of nitrogens with zero attached hydrogens (tertiary/aromatic N) is 1. The van der Waals surface area contributed by atoms with Crippen LogP contribution >= 0.6 is 0 Å². The average molecular weight is 419 g/mol. The molecule has 3 aromatic rings. The predicted molar refractivity (Wildman–Crippen MR) is 110 cm³/mol. The molecule has 8 nitrogen and oxygen atoms in total. The van der Waals surface area contributed by atoms with Gasteiger partial charge in [-0.1, -0.05) is 29.8 Å². The van der Waals surface area contributed by atoms with Gasteiger partial charge in [-0.25, -0.2) is 9.59 Å². The van der Waals surface area contributed by atoms with E-state index in [0.29, 0.717) is 5.56 Å². The zero-order valence-corrected chi connectivity index (χ0v) is 16.4. The predicted octanol–water partition coefficient (Wildman–Crippen LogP) is 4.16. The van der Waals surface area contributed by atoms with Crippen molar-refractivity contribution in [2.45, 2.75) is 6.92 Å². The summed E-state index contributed by atoms with van der Waals surface area (Å²) in [4.78, 5) is 46.8. The van der Waals surface area contributed by atoms with Gasteiger partial charge in [0.2, 0.25) is 0 Å². The van der Waals surface area contributed by atoms with Gasteiger partial charge in [0.15, 0.2) is 12.4 Å². The fourth-order valence-electron chi connectivity index (χ4n) is 2.66. The molecule has 0 saturated carbocycles. The normalized spacial score (nSPS) is 10.2. The number of Topliss-reactive ketones (excluding diaryl/α,β-unsaturated/α-hetero) is 1. The quantitative estimate of drug-likeness (QED) is 0.186. The first kappa shape index (κ1) is 21.4.